The number of carboxylic acid groups (broad SMARTS) is 1. The number of amides is 3. The minimum absolute atomic E-state index is 0.0438. The monoisotopic (exact) mass is 279 g/mol. The zero-order chi connectivity index (χ0) is 15.1. The van der Waals surface area contributed by atoms with Crippen molar-refractivity contribution in [1.29, 1.82) is 0 Å². The van der Waals surface area contributed by atoms with Crippen molar-refractivity contribution in [2.24, 2.45) is 5.73 Å². The summed E-state index contributed by atoms with van der Waals surface area (Å²) in [5, 5.41) is 11.7. The number of urea groups is 1. The summed E-state index contributed by atoms with van der Waals surface area (Å²) in [5.41, 5.74) is 5.33. The second-order valence-corrected chi connectivity index (χ2v) is 4.18. The van der Waals surface area contributed by atoms with Crippen molar-refractivity contribution in [2.75, 3.05) is 18.5 Å². The van der Waals surface area contributed by atoms with Crippen LogP contribution in [0.4, 0.5) is 10.5 Å². The van der Waals surface area contributed by atoms with Crippen LogP contribution in [0.25, 0.3) is 0 Å². The van der Waals surface area contributed by atoms with Gasteiger partial charge in [0.05, 0.1) is 11.3 Å². The smallest absolute Gasteiger partial charge is 0.337 e. The molecule has 4 N–H and O–H groups in total. The Hall–Kier alpha value is -2.57. The van der Waals surface area contributed by atoms with Gasteiger partial charge in [-0.05, 0) is 18.6 Å². The summed E-state index contributed by atoms with van der Waals surface area (Å²) in [6.07, 6.45) is 0.630. The van der Waals surface area contributed by atoms with Gasteiger partial charge in [-0.15, -0.1) is 0 Å². The maximum Gasteiger partial charge on any atom is 0.337 e. The molecule has 0 saturated carbocycles. The van der Waals surface area contributed by atoms with Gasteiger partial charge in [0.1, 0.15) is 0 Å². The summed E-state index contributed by atoms with van der Waals surface area (Å²) >= 11 is 0. The summed E-state index contributed by atoms with van der Waals surface area (Å²) in [4.78, 5) is 34.7. The minimum atomic E-state index is -1.10. The maximum absolute atomic E-state index is 11.9. The predicted molar refractivity (Wildman–Crippen MR) is 73.6 cm³/mol. The molecule has 20 heavy (non-hydrogen) atoms. The molecule has 7 nitrogen and oxygen atoms in total. The molecule has 7 heteroatoms. The van der Waals surface area contributed by atoms with Crippen LogP contribution in [0.5, 0.6) is 0 Å². The van der Waals surface area contributed by atoms with Crippen LogP contribution in [-0.2, 0) is 4.79 Å². The van der Waals surface area contributed by atoms with Crippen molar-refractivity contribution in [1.82, 2.24) is 5.32 Å². The number of hydrogen-bond donors (Lipinski definition) is 3. The van der Waals surface area contributed by atoms with Crippen LogP contribution >= 0.6 is 0 Å². The van der Waals surface area contributed by atoms with Gasteiger partial charge < -0.3 is 16.2 Å². The highest BCUT2D eigenvalue weighted by molar-refractivity contribution is 6.01. The number of para-hydroxylation sites is 1. The third kappa shape index (κ3) is 4.27. The van der Waals surface area contributed by atoms with Crippen molar-refractivity contribution in [3.8, 4) is 0 Å². The fourth-order valence-electron chi connectivity index (χ4n) is 1.63. The molecule has 1 aromatic rings. The number of aromatic carboxylic acids is 1. The number of anilines is 1. The second kappa shape index (κ2) is 7.13. The zero-order valence-corrected chi connectivity index (χ0v) is 11.1. The molecule has 0 aromatic heterocycles. The molecular formula is C13H17N3O4. The Morgan fingerprint density at radius 2 is 1.95 bits per heavy atom. The minimum Gasteiger partial charge on any atom is -0.478 e. The fourth-order valence-corrected chi connectivity index (χ4v) is 1.63. The Morgan fingerprint density at radius 3 is 2.55 bits per heavy atom. The number of rotatable bonds is 6. The summed E-state index contributed by atoms with van der Waals surface area (Å²) < 4.78 is 0. The Kier molecular flexibility index (Phi) is 5.52. The van der Waals surface area contributed by atoms with Crippen LogP contribution < -0.4 is 16.0 Å². The van der Waals surface area contributed by atoms with Gasteiger partial charge >= 0.3 is 12.0 Å². The van der Waals surface area contributed by atoms with Gasteiger partial charge in [0, 0.05) is 20.0 Å². The first-order chi connectivity index (χ1) is 9.43. The summed E-state index contributed by atoms with van der Waals surface area (Å²) in [7, 11) is 1.48. The largest absolute Gasteiger partial charge is 0.478 e. The van der Waals surface area contributed by atoms with Crippen molar-refractivity contribution in [3.63, 3.8) is 0 Å². The molecule has 0 radical (unpaired) electrons. The number of nitrogens with zero attached hydrogens (tertiary/aromatic N) is 1. The Bertz CT molecular complexity index is 516. The van der Waals surface area contributed by atoms with E-state index in [0.29, 0.717) is 18.7 Å². The lowest BCUT2D eigenvalue weighted by Gasteiger charge is -2.19. The van der Waals surface area contributed by atoms with Crippen LogP contribution in [-0.4, -0.2) is 36.6 Å². The van der Waals surface area contributed by atoms with E-state index in [1.807, 2.05) is 0 Å². The summed E-state index contributed by atoms with van der Waals surface area (Å²) in [5.74, 6) is -1.53. The van der Waals surface area contributed by atoms with Gasteiger partial charge in [-0.2, -0.15) is 0 Å². The molecule has 3 amide bonds. The molecular weight excluding hydrogens is 262 g/mol. The highest BCUT2D eigenvalue weighted by atomic mass is 16.4. The van der Waals surface area contributed by atoms with E-state index in [0.717, 1.165) is 0 Å². The first-order valence-corrected chi connectivity index (χ1v) is 6.05. The van der Waals surface area contributed by atoms with E-state index in [-0.39, 0.29) is 12.0 Å². The van der Waals surface area contributed by atoms with E-state index in [1.165, 1.54) is 18.0 Å². The van der Waals surface area contributed by atoms with Crippen LogP contribution in [0.1, 0.15) is 23.2 Å². The lowest BCUT2D eigenvalue weighted by molar-refractivity contribution is -0.118. The van der Waals surface area contributed by atoms with Gasteiger partial charge in [-0.1, -0.05) is 12.1 Å². The van der Waals surface area contributed by atoms with Crippen LogP contribution in [0, 0.1) is 0 Å². The SMILES string of the molecule is CN(C(=O)NCCCC(N)=O)c1ccccc1C(=O)O. The molecule has 0 aliphatic heterocycles. The fraction of sp³-hybridized carbons (Fsp3) is 0.308. The lowest BCUT2D eigenvalue weighted by atomic mass is 10.1. The van der Waals surface area contributed by atoms with Crippen LogP contribution in [0.3, 0.4) is 0 Å². The molecule has 1 rings (SSSR count). The van der Waals surface area contributed by atoms with E-state index in [4.69, 9.17) is 10.8 Å². The average molecular weight is 279 g/mol. The van der Waals surface area contributed by atoms with E-state index < -0.39 is 17.9 Å². The Labute approximate surface area is 116 Å². The quantitative estimate of drug-likeness (QED) is 0.668. The Balaban J connectivity index is 2.65. The molecule has 0 bridgehead atoms. The van der Waals surface area contributed by atoms with E-state index in [1.54, 1.807) is 18.2 Å². The lowest BCUT2D eigenvalue weighted by Crippen LogP contribution is -2.38. The van der Waals surface area contributed by atoms with Gasteiger partial charge in [-0.3, -0.25) is 9.69 Å². The summed E-state index contributed by atoms with van der Waals surface area (Å²) in [6, 6.07) is 5.77. The molecule has 0 aliphatic carbocycles. The number of primary amides is 1. The topological polar surface area (TPSA) is 113 Å². The summed E-state index contributed by atoms with van der Waals surface area (Å²) in [6.45, 7) is 0.293. The Morgan fingerprint density at radius 1 is 1.30 bits per heavy atom. The molecule has 1 aromatic carbocycles. The second-order valence-electron chi connectivity index (χ2n) is 4.18. The molecule has 0 fully saturated rings. The molecule has 0 unspecified atom stereocenters. The highest BCUT2D eigenvalue weighted by Gasteiger charge is 2.17. The van der Waals surface area contributed by atoms with E-state index >= 15 is 0 Å². The third-order valence-electron chi connectivity index (χ3n) is 2.68. The molecule has 108 valence electrons. The van der Waals surface area contributed by atoms with Crippen molar-refractivity contribution in [2.45, 2.75) is 12.8 Å². The van der Waals surface area contributed by atoms with Crippen LogP contribution in [0.15, 0.2) is 24.3 Å². The third-order valence-corrected chi connectivity index (χ3v) is 2.68. The van der Waals surface area contributed by atoms with Gasteiger partial charge in [0.15, 0.2) is 0 Å². The van der Waals surface area contributed by atoms with Gasteiger partial charge in [0.2, 0.25) is 5.91 Å². The standard InChI is InChI=1S/C13H17N3O4/c1-16(13(20)15-8-4-7-11(14)17)10-6-3-2-5-9(10)12(18)19/h2-3,5-6H,4,7-8H2,1H3,(H2,14,17)(H,15,20)(H,18,19). The normalized spacial score (nSPS) is 9.85. The molecule has 0 saturated heterocycles. The average Bonchev–Trinajstić information content (AvgIpc) is 2.42. The first-order valence-electron chi connectivity index (χ1n) is 6.05. The number of carboxylic acids is 1. The van der Waals surface area contributed by atoms with Crippen molar-refractivity contribution >= 4 is 23.6 Å². The molecule has 0 spiro atoms. The number of hydrogen-bond acceptors (Lipinski definition) is 3. The number of carbonyl (C=O) groups excluding carboxylic acids is 2. The van der Waals surface area contributed by atoms with Crippen LogP contribution in [0.2, 0.25) is 0 Å². The first kappa shape index (κ1) is 15.5. The number of nitrogens with one attached hydrogen (secondary N) is 1. The van der Waals surface area contributed by atoms with Crippen molar-refractivity contribution in [3.05, 3.63) is 29.8 Å². The maximum atomic E-state index is 11.9. The van der Waals surface area contributed by atoms with Gasteiger partial charge in [-0.25, -0.2) is 9.59 Å². The zero-order valence-electron chi connectivity index (χ0n) is 11.1. The predicted octanol–water partition coefficient (Wildman–Crippen LogP) is 0.796. The van der Waals surface area contributed by atoms with Gasteiger partial charge in [0.25, 0.3) is 0 Å². The molecule has 0 atom stereocenters. The van der Waals surface area contributed by atoms with E-state index in [2.05, 4.69) is 5.32 Å². The number of nitrogens with two attached hydrogens (primary N) is 1. The van der Waals surface area contributed by atoms with Crippen molar-refractivity contribution < 1.29 is 19.5 Å². The molecule has 0 heterocycles. The van der Waals surface area contributed by atoms with E-state index in [9.17, 15) is 14.4 Å². The number of carbonyl (C=O) groups is 3. The molecule has 0 aliphatic rings. The highest BCUT2D eigenvalue weighted by Crippen LogP contribution is 2.19. The number of benzene rings is 1.